The van der Waals surface area contributed by atoms with E-state index in [1.807, 2.05) is 18.2 Å². The molecule has 3 heteroatoms. The lowest BCUT2D eigenvalue weighted by molar-refractivity contribution is 0.922. The minimum absolute atomic E-state index is 0. The van der Waals surface area contributed by atoms with Crippen LogP contribution in [0.2, 0.25) is 10.0 Å². The number of hydrogen-bond acceptors (Lipinski definition) is 1. The van der Waals surface area contributed by atoms with Gasteiger partial charge in [0.25, 0.3) is 0 Å². The van der Waals surface area contributed by atoms with Crippen molar-refractivity contribution in [1.29, 1.82) is 0 Å². The van der Waals surface area contributed by atoms with Crippen LogP contribution in [0.1, 0.15) is 18.9 Å². The minimum atomic E-state index is 0. The van der Waals surface area contributed by atoms with E-state index in [0.717, 1.165) is 18.4 Å². The van der Waals surface area contributed by atoms with Crippen LogP contribution in [0.3, 0.4) is 0 Å². The van der Waals surface area contributed by atoms with Crippen LogP contribution in [0.4, 0.5) is 0 Å². The zero-order valence-corrected chi connectivity index (χ0v) is 8.62. The molecule has 0 aliphatic rings. The average molecular weight is 206 g/mol. The Morgan fingerprint density at radius 3 is 2.50 bits per heavy atom. The molecule has 1 nitrogen and oxygen atoms in total. The fraction of sp³-hybridized carbons (Fsp3) is 0.333. The van der Waals surface area contributed by atoms with Crippen molar-refractivity contribution in [1.82, 2.24) is 6.15 Å². The van der Waals surface area contributed by atoms with Crippen LogP contribution in [0.5, 0.6) is 0 Å². The summed E-state index contributed by atoms with van der Waals surface area (Å²) in [6.07, 6.45) is 2.10. The quantitative estimate of drug-likeness (QED) is 0.776. The zero-order chi connectivity index (χ0) is 8.27. The molecule has 0 aliphatic carbocycles. The van der Waals surface area contributed by atoms with Gasteiger partial charge in [-0.3, -0.25) is 0 Å². The number of aryl methyl sites for hydroxylation is 1. The summed E-state index contributed by atoms with van der Waals surface area (Å²) in [5.41, 5.74) is 1.14. The molecule has 3 N–H and O–H groups in total. The maximum absolute atomic E-state index is 5.94. The third-order valence-corrected chi connectivity index (χ3v) is 2.41. The van der Waals surface area contributed by atoms with Gasteiger partial charge in [-0.15, -0.1) is 0 Å². The van der Waals surface area contributed by atoms with Crippen molar-refractivity contribution in [3.63, 3.8) is 0 Å². The van der Waals surface area contributed by atoms with E-state index in [1.54, 1.807) is 0 Å². The smallest absolute Gasteiger partial charge is 0.0624 e. The van der Waals surface area contributed by atoms with Crippen molar-refractivity contribution < 1.29 is 0 Å². The van der Waals surface area contributed by atoms with E-state index in [0.29, 0.717) is 10.0 Å². The Morgan fingerprint density at radius 2 is 1.92 bits per heavy atom. The Balaban J connectivity index is 0.00000121. The molecule has 12 heavy (non-hydrogen) atoms. The highest BCUT2D eigenvalue weighted by molar-refractivity contribution is 6.42. The highest BCUT2D eigenvalue weighted by atomic mass is 35.5. The molecule has 0 radical (unpaired) electrons. The molecule has 68 valence electrons. The molecular formula is C9H13Cl2N. The van der Waals surface area contributed by atoms with E-state index in [-0.39, 0.29) is 6.15 Å². The Hall–Kier alpha value is -0.240. The van der Waals surface area contributed by atoms with Gasteiger partial charge in [-0.2, -0.15) is 0 Å². The monoisotopic (exact) mass is 205 g/mol. The minimum Gasteiger partial charge on any atom is -0.344 e. The molecule has 1 aromatic rings. The number of rotatable bonds is 2. The fourth-order valence-corrected chi connectivity index (χ4v) is 1.43. The van der Waals surface area contributed by atoms with Crippen molar-refractivity contribution in [2.24, 2.45) is 0 Å². The predicted molar refractivity (Wildman–Crippen MR) is 55.5 cm³/mol. The third-order valence-electron chi connectivity index (χ3n) is 1.55. The van der Waals surface area contributed by atoms with E-state index >= 15 is 0 Å². The molecule has 0 fully saturated rings. The molecule has 0 unspecified atom stereocenters. The van der Waals surface area contributed by atoms with Gasteiger partial charge < -0.3 is 6.15 Å². The van der Waals surface area contributed by atoms with Gasteiger partial charge in [0.2, 0.25) is 0 Å². The van der Waals surface area contributed by atoms with Crippen LogP contribution in [0.15, 0.2) is 18.2 Å². The summed E-state index contributed by atoms with van der Waals surface area (Å²) in [4.78, 5) is 0. The first-order chi connectivity index (χ1) is 5.25. The van der Waals surface area contributed by atoms with Crippen LogP contribution in [-0.2, 0) is 6.42 Å². The molecule has 0 heterocycles. The molecule has 1 rings (SSSR count). The summed E-state index contributed by atoms with van der Waals surface area (Å²) in [5, 5.41) is 1.36. The maximum Gasteiger partial charge on any atom is 0.0624 e. The van der Waals surface area contributed by atoms with E-state index in [2.05, 4.69) is 6.92 Å². The van der Waals surface area contributed by atoms with Crippen molar-refractivity contribution in [2.75, 3.05) is 0 Å². The Morgan fingerprint density at radius 1 is 1.25 bits per heavy atom. The molecule has 0 spiro atoms. The zero-order valence-electron chi connectivity index (χ0n) is 7.11. The largest absolute Gasteiger partial charge is 0.344 e. The Labute approximate surface area is 83.3 Å². The number of halogens is 2. The molecule has 0 aliphatic heterocycles. The van der Waals surface area contributed by atoms with E-state index in [1.165, 1.54) is 0 Å². The lowest BCUT2D eigenvalue weighted by Gasteiger charge is -2.02. The second-order valence-electron chi connectivity index (χ2n) is 2.46. The second kappa shape index (κ2) is 5.41. The average Bonchev–Trinajstić information content (AvgIpc) is 1.99. The molecule has 0 bridgehead atoms. The van der Waals surface area contributed by atoms with E-state index in [4.69, 9.17) is 23.2 Å². The van der Waals surface area contributed by atoms with Gasteiger partial charge in [0.05, 0.1) is 10.0 Å². The van der Waals surface area contributed by atoms with Gasteiger partial charge in [0, 0.05) is 0 Å². The molecule has 0 aromatic heterocycles. The Kier molecular flexibility index (Phi) is 5.31. The first-order valence-corrected chi connectivity index (χ1v) is 4.44. The van der Waals surface area contributed by atoms with Crippen molar-refractivity contribution in [3.05, 3.63) is 33.8 Å². The van der Waals surface area contributed by atoms with Gasteiger partial charge in [-0.25, -0.2) is 0 Å². The van der Waals surface area contributed by atoms with Gasteiger partial charge in [0.1, 0.15) is 0 Å². The first-order valence-electron chi connectivity index (χ1n) is 3.68. The van der Waals surface area contributed by atoms with Gasteiger partial charge >= 0.3 is 0 Å². The van der Waals surface area contributed by atoms with Crippen LogP contribution < -0.4 is 6.15 Å². The van der Waals surface area contributed by atoms with Crippen LogP contribution in [0, 0.1) is 0 Å². The highest BCUT2D eigenvalue weighted by Crippen LogP contribution is 2.26. The SMILES string of the molecule is CCCc1cccc(Cl)c1Cl.N. The fourth-order valence-electron chi connectivity index (χ4n) is 1.01. The van der Waals surface area contributed by atoms with Crippen LogP contribution in [-0.4, -0.2) is 0 Å². The molecule has 0 saturated carbocycles. The lowest BCUT2D eigenvalue weighted by Crippen LogP contribution is -1.84. The summed E-state index contributed by atoms with van der Waals surface area (Å²) in [5.74, 6) is 0. The van der Waals surface area contributed by atoms with E-state index < -0.39 is 0 Å². The normalized spacial score (nSPS) is 9.25. The van der Waals surface area contributed by atoms with Crippen LogP contribution >= 0.6 is 23.2 Å². The molecule has 1 aromatic carbocycles. The number of benzene rings is 1. The standard InChI is InChI=1S/C9H10Cl2.H3N/c1-2-4-7-5-3-6-8(10)9(7)11;/h3,5-6H,2,4H2,1H3;1H3. The van der Waals surface area contributed by atoms with Crippen molar-refractivity contribution in [3.8, 4) is 0 Å². The predicted octanol–water partition coefficient (Wildman–Crippen LogP) is 4.11. The van der Waals surface area contributed by atoms with Gasteiger partial charge in [-0.1, -0.05) is 48.7 Å². The first kappa shape index (κ1) is 11.8. The molecule has 0 saturated heterocycles. The van der Waals surface area contributed by atoms with Gasteiger partial charge in [-0.05, 0) is 18.1 Å². The van der Waals surface area contributed by atoms with Crippen LogP contribution in [0.25, 0.3) is 0 Å². The summed E-state index contributed by atoms with van der Waals surface area (Å²) in [6.45, 7) is 2.12. The summed E-state index contributed by atoms with van der Waals surface area (Å²) in [6, 6.07) is 5.75. The number of hydrogen-bond donors (Lipinski definition) is 1. The topological polar surface area (TPSA) is 35.0 Å². The lowest BCUT2D eigenvalue weighted by atomic mass is 10.1. The molecule has 0 amide bonds. The van der Waals surface area contributed by atoms with E-state index in [9.17, 15) is 0 Å². The third kappa shape index (κ3) is 2.67. The molecule has 0 atom stereocenters. The maximum atomic E-state index is 5.94. The summed E-state index contributed by atoms with van der Waals surface area (Å²) >= 11 is 11.8. The van der Waals surface area contributed by atoms with Crippen molar-refractivity contribution in [2.45, 2.75) is 19.8 Å². The highest BCUT2D eigenvalue weighted by Gasteiger charge is 2.01. The Bertz CT molecular complexity index is 248. The molecular weight excluding hydrogens is 193 g/mol. The second-order valence-corrected chi connectivity index (χ2v) is 3.25. The van der Waals surface area contributed by atoms with Crippen molar-refractivity contribution >= 4 is 23.2 Å². The summed E-state index contributed by atoms with van der Waals surface area (Å²) in [7, 11) is 0. The van der Waals surface area contributed by atoms with Gasteiger partial charge in [0.15, 0.2) is 0 Å². The summed E-state index contributed by atoms with van der Waals surface area (Å²) < 4.78 is 0.